The zero-order valence-electron chi connectivity index (χ0n) is 27.1. The Kier molecular flexibility index (Phi) is 8.50. The minimum absolute atomic E-state index is 0.135. The van der Waals surface area contributed by atoms with Crippen molar-refractivity contribution in [2.45, 2.75) is 118 Å². The summed E-state index contributed by atoms with van der Waals surface area (Å²) in [6.45, 7) is 14.0. The van der Waals surface area contributed by atoms with Crippen molar-refractivity contribution < 1.29 is 9.59 Å². The Balaban J connectivity index is 1.02. The number of carbonyl (C=O) groups is 2. The van der Waals surface area contributed by atoms with Crippen LogP contribution < -0.4 is 5.32 Å². The second kappa shape index (κ2) is 11.9. The first-order chi connectivity index (χ1) is 20.1. The molecule has 1 aromatic rings. The van der Waals surface area contributed by atoms with Gasteiger partial charge in [-0.1, -0.05) is 77.7 Å². The molecule has 4 aliphatic carbocycles. The number of hydrogen-bond acceptors (Lipinski definition) is 3. The van der Waals surface area contributed by atoms with Gasteiger partial charge in [0, 0.05) is 12.6 Å². The van der Waals surface area contributed by atoms with Crippen LogP contribution in [0.3, 0.4) is 0 Å². The second-order valence-electron chi connectivity index (χ2n) is 15.8. The van der Waals surface area contributed by atoms with Gasteiger partial charge >= 0.3 is 0 Å². The van der Waals surface area contributed by atoms with E-state index in [0.717, 1.165) is 48.5 Å². The molecule has 3 saturated carbocycles. The van der Waals surface area contributed by atoms with Crippen LogP contribution in [-0.4, -0.2) is 35.8 Å². The molecule has 5 aliphatic rings. The standard InChI is InChI=1S/C38H56N2O2/c1-25(2)10-8-11-26(3)32-16-17-33-31-15-14-27-24-28(18-20-37(27,4)34(31)19-21-38(32,33)5)39-22-9-23-40-35(41)29-12-6-7-13-30(29)36(40)42/h6-7,12-14,25-26,28,31-34,39H,8-11,15-24H2,1-5H3. The highest BCUT2D eigenvalue weighted by Gasteiger charge is 2.59. The molecule has 1 N–H and O–H groups in total. The van der Waals surface area contributed by atoms with Crippen molar-refractivity contribution in [3.8, 4) is 0 Å². The highest BCUT2D eigenvalue weighted by atomic mass is 16.2. The highest BCUT2D eigenvalue weighted by molar-refractivity contribution is 6.21. The molecule has 0 spiro atoms. The summed E-state index contributed by atoms with van der Waals surface area (Å²) < 4.78 is 0. The summed E-state index contributed by atoms with van der Waals surface area (Å²) in [6, 6.07) is 7.71. The second-order valence-corrected chi connectivity index (χ2v) is 15.8. The van der Waals surface area contributed by atoms with Crippen LogP contribution in [0.15, 0.2) is 35.9 Å². The largest absolute Gasteiger partial charge is 0.314 e. The van der Waals surface area contributed by atoms with Gasteiger partial charge in [-0.05, 0) is 123 Å². The van der Waals surface area contributed by atoms with Crippen molar-refractivity contribution in [3.63, 3.8) is 0 Å². The van der Waals surface area contributed by atoms with E-state index < -0.39 is 0 Å². The van der Waals surface area contributed by atoms with E-state index in [2.05, 4.69) is 46.0 Å². The van der Waals surface area contributed by atoms with E-state index in [1.54, 1.807) is 17.7 Å². The molecule has 4 nitrogen and oxygen atoms in total. The van der Waals surface area contributed by atoms with Crippen LogP contribution in [0.2, 0.25) is 0 Å². The quantitative estimate of drug-likeness (QED) is 0.173. The van der Waals surface area contributed by atoms with E-state index in [1.807, 2.05) is 12.1 Å². The Labute approximate surface area is 255 Å². The van der Waals surface area contributed by atoms with E-state index in [9.17, 15) is 9.59 Å². The number of fused-ring (bicyclic) bond motifs is 6. The zero-order chi connectivity index (χ0) is 29.6. The van der Waals surface area contributed by atoms with Crippen LogP contribution in [0.4, 0.5) is 0 Å². The summed E-state index contributed by atoms with van der Waals surface area (Å²) in [5.74, 6) is 5.02. The fourth-order valence-corrected chi connectivity index (χ4v) is 10.8. The Hall–Kier alpha value is -1.94. The van der Waals surface area contributed by atoms with Crippen LogP contribution in [-0.2, 0) is 0 Å². The first-order valence-corrected chi connectivity index (χ1v) is 17.5. The van der Waals surface area contributed by atoms with Crippen molar-refractivity contribution in [3.05, 3.63) is 47.0 Å². The number of amides is 2. The van der Waals surface area contributed by atoms with Gasteiger partial charge in [0.15, 0.2) is 0 Å². The molecule has 6 rings (SSSR count). The molecule has 42 heavy (non-hydrogen) atoms. The first kappa shape index (κ1) is 30.1. The lowest BCUT2D eigenvalue weighted by Gasteiger charge is -2.58. The van der Waals surface area contributed by atoms with Gasteiger partial charge in [0.2, 0.25) is 0 Å². The zero-order valence-corrected chi connectivity index (χ0v) is 27.1. The smallest absolute Gasteiger partial charge is 0.261 e. The number of nitrogens with zero attached hydrogens (tertiary/aromatic N) is 1. The number of hydrogen-bond donors (Lipinski definition) is 1. The molecule has 0 aromatic heterocycles. The fourth-order valence-electron chi connectivity index (χ4n) is 10.8. The van der Waals surface area contributed by atoms with Crippen LogP contribution in [0, 0.1) is 46.3 Å². The summed E-state index contributed by atoms with van der Waals surface area (Å²) in [7, 11) is 0. The summed E-state index contributed by atoms with van der Waals surface area (Å²) in [4.78, 5) is 26.8. The third kappa shape index (κ3) is 5.22. The lowest BCUT2D eigenvalue weighted by Crippen LogP contribution is -2.51. The molecule has 1 aromatic carbocycles. The van der Waals surface area contributed by atoms with Gasteiger partial charge in [0.25, 0.3) is 11.8 Å². The third-order valence-corrected chi connectivity index (χ3v) is 13.2. The van der Waals surface area contributed by atoms with E-state index in [4.69, 9.17) is 0 Å². The summed E-state index contributed by atoms with van der Waals surface area (Å²) in [5, 5.41) is 3.81. The molecule has 1 aliphatic heterocycles. The normalized spacial score (nSPS) is 36.4. The predicted octanol–water partition coefficient (Wildman–Crippen LogP) is 8.67. The topological polar surface area (TPSA) is 49.4 Å². The van der Waals surface area contributed by atoms with Gasteiger partial charge in [-0.15, -0.1) is 0 Å². The Morgan fingerprint density at radius 2 is 1.64 bits per heavy atom. The van der Waals surface area contributed by atoms with Gasteiger partial charge in [-0.2, -0.15) is 0 Å². The fraction of sp³-hybridized carbons (Fsp3) is 0.737. The third-order valence-electron chi connectivity index (χ3n) is 13.2. The Bertz CT molecular complexity index is 1170. The van der Waals surface area contributed by atoms with Crippen LogP contribution in [0.25, 0.3) is 0 Å². The number of nitrogens with one attached hydrogen (secondary N) is 1. The number of allylic oxidation sites excluding steroid dienone is 1. The molecular weight excluding hydrogens is 516 g/mol. The summed E-state index contributed by atoms with van der Waals surface area (Å²) in [6.07, 6.45) is 18.5. The molecule has 0 radical (unpaired) electrons. The summed E-state index contributed by atoms with van der Waals surface area (Å²) >= 11 is 0. The van der Waals surface area contributed by atoms with Crippen LogP contribution >= 0.6 is 0 Å². The molecule has 230 valence electrons. The number of benzene rings is 1. The molecule has 1 heterocycles. The molecule has 0 saturated heterocycles. The van der Waals surface area contributed by atoms with Gasteiger partial charge in [0.05, 0.1) is 11.1 Å². The number of imide groups is 1. The van der Waals surface area contributed by atoms with E-state index >= 15 is 0 Å². The Morgan fingerprint density at radius 3 is 2.36 bits per heavy atom. The van der Waals surface area contributed by atoms with Crippen LogP contribution in [0.1, 0.15) is 132 Å². The maximum atomic E-state index is 12.7. The lowest BCUT2D eigenvalue weighted by atomic mass is 9.47. The maximum Gasteiger partial charge on any atom is 0.261 e. The molecule has 8 unspecified atom stereocenters. The first-order valence-electron chi connectivity index (χ1n) is 17.5. The van der Waals surface area contributed by atoms with Crippen molar-refractivity contribution in [2.24, 2.45) is 46.3 Å². The van der Waals surface area contributed by atoms with Gasteiger partial charge < -0.3 is 5.32 Å². The monoisotopic (exact) mass is 572 g/mol. The SMILES string of the molecule is CC(C)CCCC(C)C1CCC2C3CC=C4CC(NCCCN5C(=O)c6ccccc6C5=O)CCC4(C)C3CCC12C. The van der Waals surface area contributed by atoms with Gasteiger partial charge in [-0.25, -0.2) is 0 Å². The van der Waals surface area contributed by atoms with Crippen LogP contribution in [0.5, 0.6) is 0 Å². The predicted molar refractivity (Wildman–Crippen MR) is 171 cm³/mol. The van der Waals surface area contributed by atoms with E-state index in [1.165, 1.54) is 75.5 Å². The van der Waals surface area contributed by atoms with E-state index in [0.29, 0.717) is 34.5 Å². The molecule has 3 fully saturated rings. The van der Waals surface area contributed by atoms with Crippen molar-refractivity contribution in [2.75, 3.05) is 13.1 Å². The average molecular weight is 573 g/mol. The molecule has 8 atom stereocenters. The van der Waals surface area contributed by atoms with Crippen molar-refractivity contribution in [1.29, 1.82) is 0 Å². The number of carbonyl (C=O) groups excluding carboxylic acids is 2. The minimum atomic E-state index is -0.135. The molecule has 4 heteroatoms. The average Bonchev–Trinajstić information content (AvgIpc) is 3.44. The van der Waals surface area contributed by atoms with Crippen molar-refractivity contribution in [1.82, 2.24) is 10.2 Å². The van der Waals surface area contributed by atoms with Crippen molar-refractivity contribution >= 4 is 11.8 Å². The van der Waals surface area contributed by atoms with Gasteiger partial charge in [0.1, 0.15) is 0 Å². The minimum Gasteiger partial charge on any atom is -0.314 e. The molecule has 2 amide bonds. The maximum absolute atomic E-state index is 12.7. The Morgan fingerprint density at radius 1 is 0.905 bits per heavy atom. The van der Waals surface area contributed by atoms with Gasteiger partial charge in [-0.3, -0.25) is 14.5 Å². The summed E-state index contributed by atoms with van der Waals surface area (Å²) in [5.41, 5.74) is 3.77. The highest BCUT2D eigenvalue weighted by Crippen LogP contribution is 2.67. The lowest BCUT2D eigenvalue weighted by molar-refractivity contribution is -0.0515. The molecular formula is C38H56N2O2. The van der Waals surface area contributed by atoms with E-state index in [-0.39, 0.29) is 11.8 Å². The number of rotatable bonds is 10. The molecule has 0 bridgehead atoms.